The zero-order valence-electron chi connectivity index (χ0n) is 9.46. The molecule has 1 saturated carbocycles. The van der Waals surface area contributed by atoms with Crippen LogP contribution in [0.25, 0.3) is 0 Å². The number of benzene rings is 1. The zero-order chi connectivity index (χ0) is 11.9. The second kappa shape index (κ2) is 3.93. The van der Waals surface area contributed by atoms with Gasteiger partial charge in [-0.3, -0.25) is 0 Å². The van der Waals surface area contributed by atoms with Crippen LogP contribution in [-0.2, 0) is 5.41 Å². The number of hydrogen-bond acceptors (Lipinski definition) is 3. The molecular weight excluding hydrogens is 270 g/mol. The van der Waals surface area contributed by atoms with Crippen molar-refractivity contribution in [2.75, 3.05) is 7.11 Å². The van der Waals surface area contributed by atoms with Gasteiger partial charge in [-0.05, 0) is 37.5 Å². The molecule has 0 aliphatic heterocycles. The number of phenols is 1. The molecule has 4 heteroatoms. The summed E-state index contributed by atoms with van der Waals surface area (Å²) in [7, 11) is 1.54. The SMILES string of the molecule is COc1cc(Br)c(C2(C(C)N)CC2)cc1O. The number of halogens is 1. The second-order valence-electron chi connectivity index (χ2n) is 4.45. The van der Waals surface area contributed by atoms with Gasteiger partial charge in [-0.2, -0.15) is 0 Å². The van der Waals surface area contributed by atoms with E-state index in [1.807, 2.05) is 6.92 Å². The lowest BCUT2D eigenvalue weighted by Gasteiger charge is -2.22. The van der Waals surface area contributed by atoms with Crippen molar-refractivity contribution in [2.45, 2.75) is 31.2 Å². The first-order valence-corrected chi connectivity index (χ1v) is 6.13. The molecule has 0 bridgehead atoms. The van der Waals surface area contributed by atoms with Gasteiger partial charge in [0.15, 0.2) is 11.5 Å². The summed E-state index contributed by atoms with van der Waals surface area (Å²) in [5, 5.41) is 9.80. The van der Waals surface area contributed by atoms with Crippen molar-refractivity contribution in [1.29, 1.82) is 0 Å². The Hall–Kier alpha value is -0.740. The maximum Gasteiger partial charge on any atom is 0.161 e. The van der Waals surface area contributed by atoms with Crippen LogP contribution in [0.2, 0.25) is 0 Å². The van der Waals surface area contributed by atoms with E-state index in [0.717, 1.165) is 22.9 Å². The van der Waals surface area contributed by atoms with E-state index in [4.69, 9.17) is 10.5 Å². The summed E-state index contributed by atoms with van der Waals surface area (Å²) < 4.78 is 6.02. The Kier molecular flexibility index (Phi) is 2.88. The molecule has 2 rings (SSSR count). The van der Waals surface area contributed by atoms with Crippen molar-refractivity contribution in [3.8, 4) is 11.5 Å². The smallest absolute Gasteiger partial charge is 0.161 e. The molecule has 1 aliphatic rings. The average molecular weight is 286 g/mol. The van der Waals surface area contributed by atoms with Crippen LogP contribution < -0.4 is 10.5 Å². The molecule has 0 aromatic heterocycles. The predicted molar refractivity (Wildman–Crippen MR) is 66.9 cm³/mol. The normalized spacial score (nSPS) is 19.2. The number of rotatable bonds is 3. The Balaban J connectivity index is 2.47. The van der Waals surface area contributed by atoms with Crippen LogP contribution in [0.15, 0.2) is 16.6 Å². The second-order valence-corrected chi connectivity index (χ2v) is 5.30. The third-order valence-electron chi connectivity index (χ3n) is 3.47. The van der Waals surface area contributed by atoms with Crippen molar-refractivity contribution >= 4 is 15.9 Å². The van der Waals surface area contributed by atoms with Crippen LogP contribution in [0.1, 0.15) is 25.3 Å². The minimum absolute atomic E-state index is 0.0303. The zero-order valence-corrected chi connectivity index (χ0v) is 11.0. The first-order valence-electron chi connectivity index (χ1n) is 5.34. The van der Waals surface area contributed by atoms with E-state index in [0.29, 0.717) is 5.75 Å². The van der Waals surface area contributed by atoms with E-state index in [-0.39, 0.29) is 17.2 Å². The molecule has 1 aromatic carbocycles. The van der Waals surface area contributed by atoms with E-state index >= 15 is 0 Å². The number of aromatic hydroxyl groups is 1. The molecule has 0 radical (unpaired) electrons. The van der Waals surface area contributed by atoms with Crippen LogP contribution in [0, 0.1) is 0 Å². The van der Waals surface area contributed by atoms with Crippen LogP contribution in [0.3, 0.4) is 0 Å². The summed E-state index contributed by atoms with van der Waals surface area (Å²) in [5.74, 6) is 0.656. The molecule has 16 heavy (non-hydrogen) atoms. The first-order chi connectivity index (χ1) is 7.51. The Morgan fingerprint density at radius 3 is 2.56 bits per heavy atom. The van der Waals surface area contributed by atoms with Gasteiger partial charge in [0.25, 0.3) is 0 Å². The summed E-state index contributed by atoms with van der Waals surface area (Å²) >= 11 is 3.52. The molecular formula is C12H16BrNO2. The molecule has 1 fully saturated rings. The first kappa shape index (κ1) is 11.7. The molecule has 1 aromatic rings. The van der Waals surface area contributed by atoms with Gasteiger partial charge in [0.05, 0.1) is 7.11 Å². The van der Waals surface area contributed by atoms with E-state index in [1.54, 1.807) is 19.2 Å². The standard InChI is InChI=1S/C12H16BrNO2/c1-7(14)12(3-4-12)8-5-10(15)11(16-2)6-9(8)13/h5-7,15H,3-4,14H2,1-2H3. The molecule has 0 amide bonds. The largest absolute Gasteiger partial charge is 0.504 e. The Bertz CT molecular complexity index is 414. The third kappa shape index (κ3) is 1.70. The fourth-order valence-corrected chi connectivity index (χ4v) is 2.91. The quantitative estimate of drug-likeness (QED) is 0.897. The Labute approximate surface area is 104 Å². The van der Waals surface area contributed by atoms with Gasteiger partial charge < -0.3 is 15.6 Å². The molecule has 0 heterocycles. The fourth-order valence-electron chi connectivity index (χ4n) is 2.19. The predicted octanol–water partition coefficient (Wildman–Crippen LogP) is 2.54. The molecule has 1 atom stereocenters. The van der Waals surface area contributed by atoms with Crippen molar-refractivity contribution < 1.29 is 9.84 Å². The summed E-state index contributed by atoms with van der Waals surface area (Å²) in [6.45, 7) is 2.01. The minimum Gasteiger partial charge on any atom is -0.504 e. The number of nitrogens with two attached hydrogens (primary N) is 1. The highest BCUT2D eigenvalue weighted by atomic mass is 79.9. The monoisotopic (exact) mass is 285 g/mol. The van der Waals surface area contributed by atoms with Gasteiger partial charge in [0.2, 0.25) is 0 Å². The molecule has 1 aliphatic carbocycles. The van der Waals surface area contributed by atoms with Crippen molar-refractivity contribution in [3.63, 3.8) is 0 Å². The number of phenolic OH excluding ortho intramolecular Hbond substituents is 1. The van der Waals surface area contributed by atoms with Gasteiger partial charge in [-0.15, -0.1) is 0 Å². The van der Waals surface area contributed by atoms with Crippen LogP contribution in [-0.4, -0.2) is 18.3 Å². The Morgan fingerprint density at radius 2 is 2.12 bits per heavy atom. The fraction of sp³-hybridized carbons (Fsp3) is 0.500. The third-order valence-corrected chi connectivity index (χ3v) is 4.12. The van der Waals surface area contributed by atoms with Crippen molar-refractivity contribution in [1.82, 2.24) is 0 Å². The molecule has 3 nitrogen and oxygen atoms in total. The topological polar surface area (TPSA) is 55.5 Å². The van der Waals surface area contributed by atoms with Crippen molar-refractivity contribution in [2.24, 2.45) is 5.73 Å². The summed E-state index contributed by atoms with van der Waals surface area (Å²) in [5.41, 5.74) is 7.13. The maximum absolute atomic E-state index is 9.80. The molecule has 0 spiro atoms. The summed E-state index contributed by atoms with van der Waals surface area (Å²) in [4.78, 5) is 0. The molecule has 0 saturated heterocycles. The van der Waals surface area contributed by atoms with Gasteiger partial charge in [0.1, 0.15) is 0 Å². The van der Waals surface area contributed by atoms with Crippen LogP contribution >= 0.6 is 15.9 Å². The highest BCUT2D eigenvalue weighted by molar-refractivity contribution is 9.10. The Morgan fingerprint density at radius 1 is 1.50 bits per heavy atom. The highest BCUT2D eigenvalue weighted by Gasteiger charge is 2.48. The molecule has 88 valence electrons. The molecule has 3 N–H and O–H groups in total. The number of ether oxygens (including phenoxy) is 1. The lowest BCUT2D eigenvalue weighted by molar-refractivity contribution is 0.371. The van der Waals surface area contributed by atoms with Gasteiger partial charge in [-0.1, -0.05) is 15.9 Å². The van der Waals surface area contributed by atoms with Crippen LogP contribution in [0.5, 0.6) is 11.5 Å². The lowest BCUT2D eigenvalue weighted by atomic mass is 9.89. The molecule has 1 unspecified atom stereocenters. The van der Waals surface area contributed by atoms with E-state index < -0.39 is 0 Å². The van der Waals surface area contributed by atoms with Crippen molar-refractivity contribution in [3.05, 3.63) is 22.2 Å². The average Bonchev–Trinajstić information content (AvgIpc) is 3.01. The summed E-state index contributed by atoms with van der Waals surface area (Å²) in [6.07, 6.45) is 2.16. The maximum atomic E-state index is 9.80. The van der Waals surface area contributed by atoms with E-state index in [1.165, 1.54) is 0 Å². The van der Waals surface area contributed by atoms with Crippen LogP contribution in [0.4, 0.5) is 0 Å². The van der Waals surface area contributed by atoms with E-state index in [9.17, 15) is 5.11 Å². The lowest BCUT2D eigenvalue weighted by Crippen LogP contribution is -2.31. The van der Waals surface area contributed by atoms with E-state index in [2.05, 4.69) is 15.9 Å². The highest BCUT2D eigenvalue weighted by Crippen LogP contribution is 2.54. The summed E-state index contributed by atoms with van der Waals surface area (Å²) in [6, 6.07) is 3.66. The van der Waals surface area contributed by atoms with Gasteiger partial charge >= 0.3 is 0 Å². The number of methoxy groups -OCH3 is 1. The van der Waals surface area contributed by atoms with Gasteiger partial charge in [-0.25, -0.2) is 0 Å². The van der Waals surface area contributed by atoms with Gasteiger partial charge in [0, 0.05) is 15.9 Å². The minimum atomic E-state index is 0.0303. The number of hydrogen-bond donors (Lipinski definition) is 2.